The van der Waals surface area contributed by atoms with E-state index >= 15 is 0 Å². The average molecular weight is 458 g/mol. The highest BCUT2D eigenvalue weighted by Crippen LogP contribution is 2.24. The highest BCUT2D eigenvalue weighted by molar-refractivity contribution is 7.92. The third-order valence-electron chi connectivity index (χ3n) is 5.65. The Morgan fingerprint density at radius 1 is 0.969 bits per heavy atom. The number of nitrogens with zero attached hydrogens (tertiary/aromatic N) is 2. The summed E-state index contributed by atoms with van der Waals surface area (Å²) in [5.74, 6) is -0.614. The van der Waals surface area contributed by atoms with Crippen LogP contribution in [0.15, 0.2) is 48.5 Å². The molecule has 0 saturated carbocycles. The Bertz CT molecular complexity index is 1060. The molecule has 2 amide bonds. The number of nitrogens with one attached hydrogen (secondary N) is 1. The van der Waals surface area contributed by atoms with Crippen LogP contribution in [-0.4, -0.2) is 51.0 Å². The Balaban J connectivity index is 1.81. The van der Waals surface area contributed by atoms with Gasteiger partial charge in [0, 0.05) is 13.1 Å². The van der Waals surface area contributed by atoms with Crippen LogP contribution in [0.25, 0.3) is 0 Å². The van der Waals surface area contributed by atoms with Crippen molar-refractivity contribution in [2.75, 3.05) is 35.5 Å². The molecule has 2 aromatic carbocycles. The Morgan fingerprint density at radius 2 is 1.59 bits per heavy atom. The molecule has 1 fully saturated rings. The number of hydrogen-bond acceptors (Lipinski definition) is 4. The summed E-state index contributed by atoms with van der Waals surface area (Å²) in [5, 5.41) is 2.76. The molecule has 0 aliphatic carbocycles. The molecular weight excluding hydrogens is 426 g/mol. The first kappa shape index (κ1) is 23.8. The van der Waals surface area contributed by atoms with Gasteiger partial charge in [-0.3, -0.25) is 13.9 Å². The van der Waals surface area contributed by atoms with E-state index in [4.69, 9.17) is 0 Å². The van der Waals surface area contributed by atoms with Gasteiger partial charge in [-0.15, -0.1) is 0 Å². The summed E-state index contributed by atoms with van der Waals surface area (Å²) in [4.78, 5) is 27.8. The van der Waals surface area contributed by atoms with Crippen molar-refractivity contribution in [1.29, 1.82) is 0 Å². The fourth-order valence-electron chi connectivity index (χ4n) is 3.98. The average Bonchev–Trinajstić information content (AvgIpc) is 3.06. The molecule has 7 nitrogen and oxygen atoms in total. The minimum Gasteiger partial charge on any atom is -0.339 e. The first-order valence-corrected chi connectivity index (χ1v) is 12.9. The van der Waals surface area contributed by atoms with E-state index in [9.17, 15) is 18.0 Å². The zero-order chi connectivity index (χ0) is 23.1. The number of para-hydroxylation sites is 2. The molecule has 0 radical (unpaired) electrons. The van der Waals surface area contributed by atoms with Gasteiger partial charge in [0.1, 0.15) is 6.54 Å². The number of sulfonamides is 1. The zero-order valence-corrected chi connectivity index (χ0v) is 19.5. The molecule has 0 spiro atoms. The van der Waals surface area contributed by atoms with Gasteiger partial charge < -0.3 is 10.2 Å². The molecule has 8 heteroatoms. The summed E-state index contributed by atoms with van der Waals surface area (Å²) in [5.41, 5.74) is 2.13. The molecule has 1 aliphatic heterocycles. The summed E-state index contributed by atoms with van der Waals surface area (Å²) >= 11 is 0. The smallest absolute Gasteiger partial charge is 0.255 e. The molecule has 32 heavy (non-hydrogen) atoms. The van der Waals surface area contributed by atoms with Crippen LogP contribution in [0.5, 0.6) is 0 Å². The number of hydrogen-bond donors (Lipinski definition) is 1. The Kier molecular flexibility index (Phi) is 7.90. The lowest BCUT2D eigenvalue weighted by Crippen LogP contribution is -2.38. The molecule has 172 valence electrons. The second kappa shape index (κ2) is 10.6. The number of likely N-dealkylation sites (tertiary alicyclic amines) is 1. The first-order chi connectivity index (χ1) is 15.3. The molecule has 1 heterocycles. The number of carbonyl (C=O) groups is 2. The molecular formula is C24H31N3O4S. The van der Waals surface area contributed by atoms with E-state index in [1.165, 1.54) is 0 Å². The predicted molar refractivity (Wildman–Crippen MR) is 127 cm³/mol. The van der Waals surface area contributed by atoms with Crippen molar-refractivity contribution < 1.29 is 18.0 Å². The molecule has 2 aromatic rings. The van der Waals surface area contributed by atoms with Crippen molar-refractivity contribution in [1.82, 2.24) is 4.90 Å². The van der Waals surface area contributed by atoms with Crippen LogP contribution in [0.2, 0.25) is 0 Å². The number of aryl methyl sites for hydroxylation is 1. The van der Waals surface area contributed by atoms with Crippen molar-refractivity contribution >= 4 is 33.2 Å². The lowest BCUT2D eigenvalue weighted by atomic mass is 10.1. The van der Waals surface area contributed by atoms with Crippen molar-refractivity contribution in [2.24, 2.45) is 0 Å². The summed E-state index contributed by atoms with van der Waals surface area (Å²) in [7, 11) is -3.69. The number of amides is 2. The highest BCUT2D eigenvalue weighted by Gasteiger charge is 2.25. The van der Waals surface area contributed by atoms with Gasteiger partial charge in [0.05, 0.1) is 23.2 Å². The Hall–Kier alpha value is -2.87. The van der Waals surface area contributed by atoms with E-state index in [1.54, 1.807) is 36.4 Å². The summed E-state index contributed by atoms with van der Waals surface area (Å²) in [6.07, 6.45) is 5.90. The molecule has 1 saturated heterocycles. The number of carbonyl (C=O) groups excluding carboxylic acids is 2. The van der Waals surface area contributed by atoms with Crippen LogP contribution >= 0.6 is 0 Å². The maximum absolute atomic E-state index is 13.1. The molecule has 3 rings (SSSR count). The van der Waals surface area contributed by atoms with Gasteiger partial charge in [0.25, 0.3) is 5.91 Å². The number of benzene rings is 2. The second-order valence-electron chi connectivity index (χ2n) is 8.05. The summed E-state index contributed by atoms with van der Waals surface area (Å²) in [6, 6.07) is 14.0. The van der Waals surface area contributed by atoms with Gasteiger partial charge >= 0.3 is 0 Å². The monoisotopic (exact) mass is 457 g/mol. The summed E-state index contributed by atoms with van der Waals surface area (Å²) < 4.78 is 26.1. The molecule has 0 unspecified atom stereocenters. The molecule has 1 N–H and O–H groups in total. The Morgan fingerprint density at radius 3 is 2.25 bits per heavy atom. The maximum Gasteiger partial charge on any atom is 0.255 e. The second-order valence-corrected chi connectivity index (χ2v) is 9.96. The van der Waals surface area contributed by atoms with Gasteiger partial charge in [0.15, 0.2) is 0 Å². The van der Waals surface area contributed by atoms with Crippen molar-refractivity contribution in [3.63, 3.8) is 0 Å². The normalized spacial score (nSPS) is 14.5. The van der Waals surface area contributed by atoms with Crippen LogP contribution in [-0.2, 0) is 21.2 Å². The van der Waals surface area contributed by atoms with E-state index in [1.807, 2.05) is 24.0 Å². The minimum absolute atomic E-state index is 0.112. The number of anilines is 2. The topological polar surface area (TPSA) is 86.8 Å². The highest BCUT2D eigenvalue weighted by atomic mass is 32.2. The van der Waals surface area contributed by atoms with Crippen LogP contribution in [0.1, 0.15) is 48.5 Å². The minimum atomic E-state index is -3.69. The van der Waals surface area contributed by atoms with Gasteiger partial charge in [-0.25, -0.2) is 8.42 Å². The SMILES string of the molecule is CCc1ccccc1N(CC(=O)Nc1ccccc1C(=O)N1CCCCCC1)S(C)(=O)=O. The fourth-order valence-corrected chi connectivity index (χ4v) is 4.86. The summed E-state index contributed by atoms with van der Waals surface area (Å²) in [6.45, 7) is 2.97. The van der Waals surface area contributed by atoms with Crippen LogP contribution in [0, 0.1) is 0 Å². The quantitative estimate of drug-likeness (QED) is 0.687. The van der Waals surface area contributed by atoms with Crippen LogP contribution < -0.4 is 9.62 Å². The molecule has 0 bridgehead atoms. The van der Waals surface area contributed by atoms with Crippen molar-refractivity contribution in [3.05, 3.63) is 59.7 Å². The van der Waals surface area contributed by atoms with Gasteiger partial charge in [-0.05, 0) is 43.0 Å². The Labute approximate surface area is 190 Å². The standard InChI is InChI=1S/C24H31N3O4S/c1-3-19-12-6-9-15-22(19)27(32(2,30)31)18-23(28)25-21-14-8-7-13-20(21)24(29)26-16-10-4-5-11-17-26/h6-9,12-15H,3-5,10-11,16-18H2,1-2H3,(H,25,28). The van der Waals surface area contributed by atoms with Crippen LogP contribution in [0.4, 0.5) is 11.4 Å². The number of rotatable bonds is 7. The predicted octanol–water partition coefficient (Wildman–Crippen LogP) is 3.67. The lowest BCUT2D eigenvalue weighted by molar-refractivity contribution is -0.114. The first-order valence-electron chi connectivity index (χ1n) is 11.0. The van der Waals surface area contributed by atoms with Gasteiger partial charge in [-0.1, -0.05) is 50.1 Å². The van der Waals surface area contributed by atoms with E-state index in [0.29, 0.717) is 36.4 Å². The third kappa shape index (κ3) is 5.88. The van der Waals surface area contributed by atoms with Gasteiger partial charge in [0.2, 0.25) is 15.9 Å². The zero-order valence-electron chi connectivity index (χ0n) is 18.7. The third-order valence-corrected chi connectivity index (χ3v) is 6.78. The van der Waals surface area contributed by atoms with Crippen molar-refractivity contribution in [3.8, 4) is 0 Å². The lowest BCUT2D eigenvalue weighted by Gasteiger charge is -2.25. The van der Waals surface area contributed by atoms with Crippen LogP contribution in [0.3, 0.4) is 0 Å². The molecule has 1 aliphatic rings. The van der Waals surface area contributed by atoms with Crippen molar-refractivity contribution in [2.45, 2.75) is 39.0 Å². The van der Waals surface area contributed by atoms with E-state index in [2.05, 4.69) is 5.32 Å². The van der Waals surface area contributed by atoms with E-state index in [0.717, 1.165) is 41.8 Å². The fraction of sp³-hybridized carbons (Fsp3) is 0.417. The maximum atomic E-state index is 13.1. The van der Waals surface area contributed by atoms with E-state index < -0.39 is 15.9 Å². The van der Waals surface area contributed by atoms with E-state index in [-0.39, 0.29) is 12.5 Å². The molecule has 0 atom stereocenters. The largest absolute Gasteiger partial charge is 0.339 e. The molecule has 0 aromatic heterocycles. The van der Waals surface area contributed by atoms with Gasteiger partial charge in [-0.2, -0.15) is 0 Å².